The van der Waals surface area contributed by atoms with Crippen molar-refractivity contribution in [3.63, 3.8) is 0 Å². The molecule has 0 aliphatic heterocycles. The molecule has 2 aromatic rings. The summed E-state index contributed by atoms with van der Waals surface area (Å²) < 4.78 is 5.61. The number of aryl methyl sites for hydroxylation is 1. The van der Waals surface area contributed by atoms with Gasteiger partial charge >= 0.3 is 0 Å². The number of thiophene rings is 1. The van der Waals surface area contributed by atoms with E-state index in [-0.39, 0.29) is 10.9 Å². The van der Waals surface area contributed by atoms with Gasteiger partial charge in [0.15, 0.2) is 0 Å². The molecule has 6 heteroatoms. The van der Waals surface area contributed by atoms with E-state index in [0.29, 0.717) is 0 Å². The van der Waals surface area contributed by atoms with E-state index in [1.54, 1.807) is 18.4 Å². The van der Waals surface area contributed by atoms with Crippen LogP contribution in [0.3, 0.4) is 0 Å². The van der Waals surface area contributed by atoms with Gasteiger partial charge in [-0.3, -0.25) is 0 Å². The zero-order valence-electron chi connectivity index (χ0n) is 11.0. The molecule has 0 aromatic carbocycles. The molecule has 0 unspecified atom stereocenters. The van der Waals surface area contributed by atoms with Crippen molar-refractivity contribution in [2.75, 3.05) is 19.0 Å². The van der Waals surface area contributed by atoms with Crippen molar-refractivity contribution in [3.8, 4) is 0 Å². The van der Waals surface area contributed by atoms with Crippen LogP contribution >= 0.6 is 22.9 Å². The van der Waals surface area contributed by atoms with Gasteiger partial charge in [-0.25, -0.2) is 9.97 Å². The average Bonchev–Trinajstić information content (AvgIpc) is 2.68. The number of anilines is 1. The monoisotopic (exact) mass is 297 g/mol. The number of nitrogens with one attached hydrogen (secondary N) is 1. The van der Waals surface area contributed by atoms with Gasteiger partial charge in [0.2, 0.25) is 5.28 Å². The minimum Gasteiger partial charge on any atom is -0.376 e. The number of nitrogens with zero attached hydrogens (tertiary/aromatic N) is 2. The molecule has 0 bridgehead atoms. The van der Waals surface area contributed by atoms with Crippen LogP contribution in [0.15, 0.2) is 6.07 Å². The zero-order valence-corrected chi connectivity index (χ0v) is 12.6. The minimum absolute atomic E-state index is 0.0329. The third-order valence-corrected chi connectivity index (χ3v) is 4.88. The van der Waals surface area contributed by atoms with Crippen LogP contribution < -0.4 is 5.32 Å². The first kappa shape index (κ1) is 13.1. The molecule has 3 rings (SSSR count). The van der Waals surface area contributed by atoms with Crippen molar-refractivity contribution in [2.24, 2.45) is 0 Å². The van der Waals surface area contributed by atoms with Crippen molar-refractivity contribution < 1.29 is 4.74 Å². The highest BCUT2D eigenvalue weighted by Gasteiger charge is 2.36. The molecule has 0 radical (unpaired) electrons. The van der Waals surface area contributed by atoms with E-state index in [4.69, 9.17) is 16.3 Å². The molecule has 2 aromatic heterocycles. The normalized spacial score (nSPS) is 17.4. The van der Waals surface area contributed by atoms with Gasteiger partial charge in [0.05, 0.1) is 11.0 Å². The second kappa shape index (κ2) is 4.89. The molecule has 1 aliphatic rings. The Morgan fingerprint density at radius 1 is 1.47 bits per heavy atom. The molecule has 0 spiro atoms. The minimum atomic E-state index is -0.0329. The van der Waals surface area contributed by atoms with Crippen LogP contribution in [-0.4, -0.2) is 29.2 Å². The fourth-order valence-electron chi connectivity index (χ4n) is 2.42. The van der Waals surface area contributed by atoms with Crippen LogP contribution in [-0.2, 0) is 4.74 Å². The highest BCUT2D eigenvalue weighted by molar-refractivity contribution is 7.18. The van der Waals surface area contributed by atoms with Gasteiger partial charge in [0, 0.05) is 18.5 Å². The van der Waals surface area contributed by atoms with Crippen molar-refractivity contribution >= 4 is 39.0 Å². The van der Waals surface area contributed by atoms with Gasteiger partial charge < -0.3 is 10.1 Å². The summed E-state index contributed by atoms with van der Waals surface area (Å²) in [6, 6.07) is 2.10. The predicted octanol–water partition coefficient (Wildman–Crippen LogP) is 3.63. The first-order chi connectivity index (χ1) is 9.12. The van der Waals surface area contributed by atoms with Gasteiger partial charge in [-0.2, -0.15) is 0 Å². The van der Waals surface area contributed by atoms with E-state index in [9.17, 15) is 0 Å². The highest BCUT2D eigenvalue weighted by atomic mass is 35.5. The smallest absolute Gasteiger partial charge is 0.225 e. The number of hydrogen-bond donors (Lipinski definition) is 1. The molecule has 0 amide bonds. The molecule has 2 heterocycles. The standard InChI is InChI=1S/C13H16ClN3OS/c1-8-6-9-10(16-12(14)17-11(9)19-8)15-7-13(18-2)4-3-5-13/h6H,3-5,7H2,1-2H3,(H,15,16,17). The van der Waals surface area contributed by atoms with E-state index in [0.717, 1.165) is 35.4 Å². The summed E-state index contributed by atoms with van der Waals surface area (Å²) in [5.41, 5.74) is -0.0329. The highest BCUT2D eigenvalue weighted by Crippen LogP contribution is 2.36. The largest absolute Gasteiger partial charge is 0.376 e. The molecule has 19 heavy (non-hydrogen) atoms. The Hall–Kier alpha value is -0.910. The number of halogens is 1. The second-order valence-electron chi connectivity index (χ2n) is 5.01. The Morgan fingerprint density at radius 2 is 2.26 bits per heavy atom. The molecular weight excluding hydrogens is 282 g/mol. The van der Waals surface area contributed by atoms with E-state index in [1.165, 1.54) is 11.3 Å². The average molecular weight is 298 g/mol. The lowest BCUT2D eigenvalue weighted by Gasteiger charge is -2.40. The van der Waals surface area contributed by atoms with Gasteiger partial charge in [0.25, 0.3) is 0 Å². The summed E-state index contributed by atoms with van der Waals surface area (Å²) in [5.74, 6) is 0.808. The fourth-order valence-corrected chi connectivity index (χ4v) is 3.52. The number of hydrogen-bond acceptors (Lipinski definition) is 5. The Morgan fingerprint density at radius 3 is 2.89 bits per heavy atom. The number of methoxy groups -OCH3 is 1. The summed E-state index contributed by atoms with van der Waals surface area (Å²) >= 11 is 7.61. The molecular formula is C13H16ClN3OS. The lowest BCUT2D eigenvalue weighted by molar-refractivity contribution is -0.0601. The maximum absolute atomic E-state index is 5.98. The molecule has 102 valence electrons. The summed E-state index contributed by atoms with van der Waals surface area (Å²) in [5, 5.41) is 4.71. The topological polar surface area (TPSA) is 47.0 Å². The molecule has 4 nitrogen and oxygen atoms in total. The van der Waals surface area contributed by atoms with Crippen LogP contribution in [0.1, 0.15) is 24.1 Å². The third kappa shape index (κ3) is 2.42. The lowest BCUT2D eigenvalue weighted by atomic mass is 9.80. The molecule has 1 saturated carbocycles. The van der Waals surface area contributed by atoms with Crippen LogP contribution in [0.4, 0.5) is 5.82 Å². The van der Waals surface area contributed by atoms with Gasteiger partial charge in [-0.15, -0.1) is 11.3 Å². The SMILES string of the molecule is COC1(CNc2nc(Cl)nc3sc(C)cc23)CCC1. The Kier molecular flexibility index (Phi) is 3.37. The Bertz CT molecular complexity index is 604. The quantitative estimate of drug-likeness (QED) is 0.875. The first-order valence-corrected chi connectivity index (χ1v) is 7.54. The van der Waals surface area contributed by atoms with Crippen LogP contribution in [0, 0.1) is 6.92 Å². The van der Waals surface area contributed by atoms with Crippen LogP contribution in [0.2, 0.25) is 5.28 Å². The summed E-state index contributed by atoms with van der Waals surface area (Å²) in [6.07, 6.45) is 3.43. The fraction of sp³-hybridized carbons (Fsp3) is 0.538. The number of ether oxygens (including phenoxy) is 1. The van der Waals surface area contributed by atoms with E-state index >= 15 is 0 Å². The van der Waals surface area contributed by atoms with Crippen LogP contribution in [0.25, 0.3) is 10.2 Å². The zero-order chi connectivity index (χ0) is 13.5. The number of fused-ring (bicyclic) bond motifs is 1. The van der Waals surface area contributed by atoms with Gasteiger partial charge in [0.1, 0.15) is 10.6 Å². The molecule has 1 aliphatic carbocycles. The predicted molar refractivity (Wildman–Crippen MR) is 79.2 cm³/mol. The third-order valence-electron chi connectivity index (χ3n) is 3.76. The van der Waals surface area contributed by atoms with E-state index in [1.807, 2.05) is 0 Å². The van der Waals surface area contributed by atoms with Crippen molar-refractivity contribution in [1.29, 1.82) is 0 Å². The summed E-state index contributed by atoms with van der Waals surface area (Å²) in [6.45, 7) is 2.83. The summed E-state index contributed by atoms with van der Waals surface area (Å²) in [7, 11) is 1.78. The summed E-state index contributed by atoms with van der Waals surface area (Å²) in [4.78, 5) is 10.7. The molecule has 0 atom stereocenters. The van der Waals surface area contributed by atoms with Crippen molar-refractivity contribution in [2.45, 2.75) is 31.8 Å². The second-order valence-corrected chi connectivity index (χ2v) is 6.58. The van der Waals surface area contributed by atoms with E-state index in [2.05, 4.69) is 28.3 Å². The molecule has 1 fully saturated rings. The van der Waals surface area contributed by atoms with Crippen molar-refractivity contribution in [1.82, 2.24) is 9.97 Å². The number of rotatable bonds is 4. The lowest BCUT2D eigenvalue weighted by Crippen LogP contribution is -2.45. The van der Waals surface area contributed by atoms with Crippen LogP contribution in [0.5, 0.6) is 0 Å². The number of aromatic nitrogens is 2. The Balaban J connectivity index is 1.87. The van der Waals surface area contributed by atoms with E-state index < -0.39 is 0 Å². The van der Waals surface area contributed by atoms with Crippen molar-refractivity contribution in [3.05, 3.63) is 16.2 Å². The molecule has 1 N–H and O–H groups in total. The maximum atomic E-state index is 5.98. The van der Waals surface area contributed by atoms with Gasteiger partial charge in [-0.05, 0) is 43.9 Å². The van der Waals surface area contributed by atoms with Gasteiger partial charge in [-0.1, -0.05) is 0 Å². The first-order valence-electron chi connectivity index (χ1n) is 6.35. The molecule has 0 saturated heterocycles. The maximum Gasteiger partial charge on any atom is 0.225 e. The Labute approximate surface area is 121 Å².